The SMILES string of the molecule is CC(C)CN(CC(=O)O)C(=O)C1COC(C)C1. The Morgan fingerprint density at radius 3 is 2.53 bits per heavy atom. The van der Waals surface area contributed by atoms with E-state index in [1.807, 2.05) is 20.8 Å². The minimum atomic E-state index is -0.967. The molecule has 5 heteroatoms. The standard InChI is InChI=1S/C12H21NO4/c1-8(2)5-13(6-11(14)15)12(16)10-4-9(3)17-7-10/h8-10H,4-7H2,1-3H3,(H,14,15). The Bertz CT molecular complexity index is 290. The van der Waals surface area contributed by atoms with Gasteiger partial charge in [0.25, 0.3) is 0 Å². The largest absolute Gasteiger partial charge is 0.480 e. The first-order valence-corrected chi connectivity index (χ1v) is 6.02. The predicted octanol–water partition coefficient (Wildman–Crippen LogP) is 0.981. The molecule has 1 amide bonds. The zero-order valence-electron chi connectivity index (χ0n) is 10.7. The highest BCUT2D eigenvalue weighted by atomic mass is 16.5. The number of ether oxygens (including phenoxy) is 1. The van der Waals surface area contributed by atoms with E-state index in [1.54, 1.807) is 0 Å². The van der Waals surface area contributed by atoms with Crippen molar-refractivity contribution in [1.82, 2.24) is 4.90 Å². The first kappa shape index (κ1) is 14.0. The summed E-state index contributed by atoms with van der Waals surface area (Å²) in [6, 6.07) is 0. The van der Waals surface area contributed by atoms with Gasteiger partial charge in [-0.25, -0.2) is 0 Å². The Morgan fingerprint density at radius 1 is 1.47 bits per heavy atom. The van der Waals surface area contributed by atoms with Crippen LogP contribution in [0.1, 0.15) is 27.2 Å². The summed E-state index contributed by atoms with van der Waals surface area (Å²) in [5, 5.41) is 8.82. The average molecular weight is 243 g/mol. The van der Waals surface area contributed by atoms with Crippen molar-refractivity contribution < 1.29 is 19.4 Å². The third-order valence-corrected chi connectivity index (χ3v) is 2.77. The van der Waals surface area contributed by atoms with Gasteiger partial charge in [-0.2, -0.15) is 0 Å². The second-order valence-corrected chi connectivity index (χ2v) is 5.08. The van der Waals surface area contributed by atoms with Gasteiger partial charge in [0.1, 0.15) is 6.54 Å². The topological polar surface area (TPSA) is 66.8 Å². The van der Waals surface area contributed by atoms with Crippen LogP contribution in [0.3, 0.4) is 0 Å². The Morgan fingerprint density at radius 2 is 2.12 bits per heavy atom. The summed E-state index contributed by atoms with van der Waals surface area (Å²) in [5.41, 5.74) is 0. The van der Waals surface area contributed by atoms with Crippen LogP contribution in [0.15, 0.2) is 0 Å². The Balaban J connectivity index is 2.61. The number of carbonyl (C=O) groups excluding carboxylic acids is 1. The monoisotopic (exact) mass is 243 g/mol. The molecule has 0 aromatic heterocycles. The maximum Gasteiger partial charge on any atom is 0.323 e. The van der Waals surface area contributed by atoms with E-state index < -0.39 is 5.97 Å². The van der Waals surface area contributed by atoms with E-state index in [0.29, 0.717) is 19.6 Å². The molecule has 1 fully saturated rings. The molecule has 1 N–H and O–H groups in total. The van der Waals surface area contributed by atoms with Crippen LogP contribution >= 0.6 is 0 Å². The molecule has 1 aliphatic rings. The fourth-order valence-corrected chi connectivity index (χ4v) is 2.08. The van der Waals surface area contributed by atoms with Crippen LogP contribution in [-0.2, 0) is 14.3 Å². The van der Waals surface area contributed by atoms with E-state index >= 15 is 0 Å². The van der Waals surface area contributed by atoms with Crippen molar-refractivity contribution >= 4 is 11.9 Å². The number of aliphatic carboxylic acids is 1. The van der Waals surface area contributed by atoms with Crippen LogP contribution in [0, 0.1) is 11.8 Å². The number of nitrogens with zero attached hydrogens (tertiary/aromatic N) is 1. The number of carboxylic acids is 1. The fourth-order valence-electron chi connectivity index (χ4n) is 2.08. The van der Waals surface area contributed by atoms with E-state index in [0.717, 1.165) is 0 Å². The van der Waals surface area contributed by atoms with E-state index in [1.165, 1.54) is 4.90 Å². The van der Waals surface area contributed by atoms with E-state index in [-0.39, 0.29) is 30.4 Å². The minimum absolute atomic E-state index is 0.0922. The maximum absolute atomic E-state index is 12.1. The number of hydrogen-bond donors (Lipinski definition) is 1. The highest BCUT2D eigenvalue weighted by Gasteiger charge is 2.32. The zero-order chi connectivity index (χ0) is 13.0. The maximum atomic E-state index is 12.1. The van der Waals surface area contributed by atoms with Gasteiger partial charge in [0, 0.05) is 6.54 Å². The van der Waals surface area contributed by atoms with Gasteiger partial charge in [0.2, 0.25) is 5.91 Å². The van der Waals surface area contributed by atoms with Crippen molar-refractivity contribution in [3.8, 4) is 0 Å². The van der Waals surface area contributed by atoms with Crippen LogP contribution in [0.25, 0.3) is 0 Å². The molecule has 0 aromatic rings. The summed E-state index contributed by atoms with van der Waals surface area (Å²) in [6.45, 7) is 6.54. The van der Waals surface area contributed by atoms with Crippen molar-refractivity contribution in [1.29, 1.82) is 0 Å². The molecule has 1 aliphatic heterocycles. The lowest BCUT2D eigenvalue weighted by molar-refractivity contribution is -0.146. The Labute approximate surface area is 102 Å². The fraction of sp³-hybridized carbons (Fsp3) is 0.833. The molecule has 0 aliphatic carbocycles. The second-order valence-electron chi connectivity index (χ2n) is 5.08. The van der Waals surface area contributed by atoms with Crippen molar-refractivity contribution in [3.05, 3.63) is 0 Å². The highest BCUT2D eigenvalue weighted by Crippen LogP contribution is 2.21. The first-order chi connectivity index (χ1) is 7.90. The number of carboxylic acid groups (broad SMARTS) is 1. The second kappa shape index (κ2) is 6.00. The first-order valence-electron chi connectivity index (χ1n) is 6.02. The lowest BCUT2D eigenvalue weighted by Gasteiger charge is -2.25. The molecule has 1 rings (SSSR count). The third-order valence-electron chi connectivity index (χ3n) is 2.77. The van der Waals surface area contributed by atoms with Crippen molar-refractivity contribution in [3.63, 3.8) is 0 Å². The molecule has 2 unspecified atom stereocenters. The summed E-state index contributed by atoms with van der Waals surface area (Å²) < 4.78 is 5.35. The Hall–Kier alpha value is -1.10. The molecule has 0 spiro atoms. The molecule has 17 heavy (non-hydrogen) atoms. The predicted molar refractivity (Wildman–Crippen MR) is 62.6 cm³/mol. The van der Waals surface area contributed by atoms with Crippen LogP contribution in [0.5, 0.6) is 0 Å². The van der Waals surface area contributed by atoms with E-state index in [2.05, 4.69) is 0 Å². The molecule has 2 atom stereocenters. The number of hydrogen-bond acceptors (Lipinski definition) is 3. The van der Waals surface area contributed by atoms with Crippen molar-refractivity contribution in [2.45, 2.75) is 33.3 Å². The molecule has 0 aromatic carbocycles. The normalized spacial score (nSPS) is 24.0. The van der Waals surface area contributed by atoms with Gasteiger partial charge >= 0.3 is 5.97 Å². The van der Waals surface area contributed by atoms with Crippen molar-refractivity contribution in [2.75, 3.05) is 19.7 Å². The Kier molecular flexibility index (Phi) is 4.93. The summed E-state index contributed by atoms with van der Waals surface area (Å²) >= 11 is 0. The molecule has 5 nitrogen and oxygen atoms in total. The quantitative estimate of drug-likeness (QED) is 0.781. The van der Waals surface area contributed by atoms with Gasteiger partial charge in [0.05, 0.1) is 18.6 Å². The zero-order valence-corrected chi connectivity index (χ0v) is 10.7. The molecule has 0 radical (unpaired) electrons. The van der Waals surface area contributed by atoms with Crippen molar-refractivity contribution in [2.24, 2.45) is 11.8 Å². The van der Waals surface area contributed by atoms with Crippen LogP contribution in [0.2, 0.25) is 0 Å². The molecule has 1 heterocycles. The van der Waals surface area contributed by atoms with Gasteiger partial charge in [-0.05, 0) is 19.3 Å². The third kappa shape index (κ3) is 4.34. The van der Waals surface area contributed by atoms with E-state index in [9.17, 15) is 9.59 Å². The molecular weight excluding hydrogens is 222 g/mol. The molecule has 0 saturated carbocycles. The summed E-state index contributed by atoms with van der Waals surface area (Å²) in [7, 11) is 0. The molecule has 98 valence electrons. The number of amides is 1. The van der Waals surface area contributed by atoms with Crippen LogP contribution in [-0.4, -0.2) is 47.7 Å². The van der Waals surface area contributed by atoms with Gasteiger partial charge in [-0.1, -0.05) is 13.8 Å². The lowest BCUT2D eigenvalue weighted by Crippen LogP contribution is -2.42. The highest BCUT2D eigenvalue weighted by molar-refractivity contribution is 5.83. The lowest BCUT2D eigenvalue weighted by atomic mass is 10.0. The summed E-state index contributed by atoms with van der Waals surface area (Å²) in [4.78, 5) is 24.3. The van der Waals surface area contributed by atoms with Crippen LogP contribution in [0.4, 0.5) is 0 Å². The van der Waals surface area contributed by atoms with Gasteiger partial charge < -0.3 is 14.7 Å². The van der Waals surface area contributed by atoms with Gasteiger partial charge in [0.15, 0.2) is 0 Å². The smallest absolute Gasteiger partial charge is 0.323 e. The molecular formula is C12H21NO4. The summed E-state index contributed by atoms with van der Waals surface area (Å²) in [6.07, 6.45) is 0.780. The minimum Gasteiger partial charge on any atom is -0.480 e. The number of rotatable bonds is 5. The van der Waals surface area contributed by atoms with Gasteiger partial charge in [-0.3, -0.25) is 9.59 Å². The summed E-state index contributed by atoms with van der Waals surface area (Å²) in [5.74, 6) is -0.974. The molecule has 1 saturated heterocycles. The molecule has 0 bridgehead atoms. The van der Waals surface area contributed by atoms with Crippen LogP contribution < -0.4 is 0 Å². The average Bonchev–Trinajstić information content (AvgIpc) is 2.61. The van der Waals surface area contributed by atoms with Gasteiger partial charge in [-0.15, -0.1) is 0 Å². The van der Waals surface area contributed by atoms with E-state index in [4.69, 9.17) is 9.84 Å². The number of carbonyl (C=O) groups is 2.